The first-order valence-corrected chi connectivity index (χ1v) is 6.39. The van der Waals surface area contributed by atoms with E-state index in [1.54, 1.807) is 13.3 Å². The van der Waals surface area contributed by atoms with Gasteiger partial charge in [0.15, 0.2) is 0 Å². The van der Waals surface area contributed by atoms with Gasteiger partial charge >= 0.3 is 0 Å². The van der Waals surface area contributed by atoms with E-state index in [1.165, 1.54) is 12.8 Å². The molecule has 3 nitrogen and oxygen atoms in total. The molecule has 0 aromatic carbocycles. The minimum Gasteiger partial charge on any atom is -0.370 e. The number of ether oxygens (including phenoxy) is 1. The monoisotopic (exact) mass is 242 g/mol. The molecule has 1 heterocycles. The Morgan fingerprint density at radius 3 is 2.75 bits per heavy atom. The van der Waals surface area contributed by atoms with Crippen molar-refractivity contribution in [3.8, 4) is 0 Å². The second-order valence-electron chi connectivity index (χ2n) is 4.77. The molecule has 1 aromatic rings. The van der Waals surface area contributed by atoms with Crippen LogP contribution in [-0.4, -0.2) is 17.1 Å². The van der Waals surface area contributed by atoms with Crippen LogP contribution in [0.25, 0.3) is 0 Å². The van der Waals surface area contributed by atoms with Gasteiger partial charge in [0, 0.05) is 19.0 Å². The van der Waals surface area contributed by atoms with E-state index in [2.05, 4.69) is 16.9 Å². The Hall–Kier alpha value is -0.540. The number of nitrogens with one attached hydrogen (secondary N) is 1. The normalized spacial score (nSPS) is 30.6. The summed E-state index contributed by atoms with van der Waals surface area (Å²) in [5.41, 5.74) is 0.753. The largest absolute Gasteiger partial charge is 0.370 e. The maximum Gasteiger partial charge on any atom is 0.138 e. The van der Waals surface area contributed by atoms with Crippen molar-refractivity contribution in [3.63, 3.8) is 0 Å². The minimum atomic E-state index is -0.211. The molecular formula is C12H19ClN2O. The van der Waals surface area contributed by atoms with Crippen molar-refractivity contribution in [2.24, 2.45) is 5.92 Å². The number of hydrogen-bond donors (Lipinski definition) is 1. The van der Waals surface area contributed by atoms with Gasteiger partial charge in [-0.15, -0.1) is 11.6 Å². The third-order valence-corrected chi connectivity index (χ3v) is 3.96. The van der Waals surface area contributed by atoms with Crippen LogP contribution in [0.15, 0.2) is 6.20 Å². The molecule has 16 heavy (non-hydrogen) atoms. The minimum absolute atomic E-state index is 0.211. The van der Waals surface area contributed by atoms with E-state index < -0.39 is 0 Å². The van der Waals surface area contributed by atoms with Crippen LogP contribution >= 0.6 is 11.6 Å². The Balaban J connectivity index is 2.20. The van der Waals surface area contributed by atoms with Gasteiger partial charge in [0.05, 0.1) is 5.88 Å². The maximum atomic E-state index is 5.78. The summed E-state index contributed by atoms with van der Waals surface area (Å²) in [5.74, 6) is 2.21. The summed E-state index contributed by atoms with van der Waals surface area (Å²) in [6.45, 7) is 2.30. The summed E-state index contributed by atoms with van der Waals surface area (Å²) in [6, 6.07) is 0. The van der Waals surface area contributed by atoms with E-state index in [-0.39, 0.29) is 5.60 Å². The van der Waals surface area contributed by atoms with Crippen LogP contribution in [0.1, 0.15) is 44.1 Å². The van der Waals surface area contributed by atoms with Crippen LogP contribution in [0.4, 0.5) is 0 Å². The SMILES string of the molecule is COC1(c2ncc(CCl)[nH]2)CCC(C)CC1. The number of rotatable bonds is 3. The van der Waals surface area contributed by atoms with Crippen molar-refractivity contribution < 1.29 is 4.74 Å². The van der Waals surface area contributed by atoms with E-state index in [9.17, 15) is 0 Å². The summed E-state index contributed by atoms with van der Waals surface area (Å²) in [4.78, 5) is 7.68. The van der Waals surface area contributed by atoms with Crippen LogP contribution in [-0.2, 0) is 16.2 Å². The molecule has 0 saturated heterocycles. The van der Waals surface area contributed by atoms with E-state index >= 15 is 0 Å². The molecule has 1 N–H and O–H groups in total. The van der Waals surface area contributed by atoms with Gasteiger partial charge < -0.3 is 9.72 Å². The van der Waals surface area contributed by atoms with Crippen LogP contribution in [0, 0.1) is 5.92 Å². The van der Waals surface area contributed by atoms with Crippen molar-refractivity contribution >= 4 is 11.6 Å². The summed E-state index contributed by atoms with van der Waals surface area (Å²) in [6.07, 6.45) is 6.29. The molecule has 1 aromatic heterocycles. The zero-order valence-corrected chi connectivity index (χ0v) is 10.7. The van der Waals surface area contributed by atoms with E-state index in [0.717, 1.165) is 30.3 Å². The average molecular weight is 243 g/mol. The first kappa shape index (κ1) is 11.9. The lowest BCUT2D eigenvalue weighted by molar-refractivity contribution is -0.0592. The van der Waals surface area contributed by atoms with Crippen LogP contribution in [0.2, 0.25) is 0 Å². The van der Waals surface area contributed by atoms with Crippen molar-refractivity contribution in [3.05, 3.63) is 17.7 Å². The quantitative estimate of drug-likeness (QED) is 0.827. The molecule has 0 spiro atoms. The van der Waals surface area contributed by atoms with Crippen LogP contribution < -0.4 is 0 Å². The first-order chi connectivity index (χ1) is 7.70. The smallest absolute Gasteiger partial charge is 0.138 e. The summed E-state index contributed by atoms with van der Waals surface area (Å²) >= 11 is 5.78. The molecule has 4 heteroatoms. The molecule has 0 atom stereocenters. The van der Waals surface area contributed by atoms with E-state index in [0.29, 0.717) is 5.88 Å². The van der Waals surface area contributed by atoms with Gasteiger partial charge in [0.1, 0.15) is 11.4 Å². The van der Waals surface area contributed by atoms with Gasteiger partial charge in [-0.25, -0.2) is 4.98 Å². The van der Waals surface area contributed by atoms with Gasteiger partial charge in [0.2, 0.25) is 0 Å². The number of halogens is 1. The van der Waals surface area contributed by atoms with Crippen molar-refractivity contribution in [2.45, 2.75) is 44.1 Å². The molecule has 0 radical (unpaired) electrons. The Morgan fingerprint density at radius 1 is 1.56 bits per heavy atom. The number of alkyl halides is 1. The number of imidazole rings is 1. The average Bonchev–Trinajstić information content (AvgIpc) is 2.80. The molecule has 90 valence electrons. The number of H-pyrrole nitrogens is 1. The summed E-state index contributed by atoms with van der Waals surface area (Å²) in [7, 11) is 1.78. The summed E-state index contributed by atoms with van der Waals surface area (Å²) in [5, 5.41) is 0. The maximum absolute atomic E-state index is 5.78. The standard InChI is InChI=1S/C12H19ClN2O/c1-9-3-5-12(16-2,6-4-9)11-14-8-10(7-13)15-11/h8-9H,3-7H2,1-2H3,(H,14,15). The molecule has 1 aliphatic carbocycles. The van der Waals surface area contributed by atoms with Crippen molar-refractivity contribution in [1.82, 2.24) is 9.97 Å². The van der Waals surface area contributed by atoms with Gasteiger partial charge in [-0.1, -0.05) is 6.92 Å². The molecular weight excluding hydrogens is 224 g/mol. The second-order valence-corrected chi connectivity index (χ2v) is 5.04. The molecule has 2 rings (SSSR count). The zero-order valence-electron chi connectivity index (χ0n) is 9.92. The highest BCUT2D eigenvalue weighted by molar-refractivity contribution is 6.16. The molecule has 0 amide bonds. The number of aromatic amines is 1. The molecule has 0 bridgehead atoms. The second kappa shape index (κ2) is 4.76. The van der Waals surface area contributed by atoms with Crippen molar-refractivity contribution in [1.29, 1.82) is 0 Å². The highest BCUT2D eigenvalue weighted by atomic mass is 35.5. The molecule has 0 unspecified atom stereocenters. The lowest BCUT2D eigenvalue weighted by Crippen LogP contribution is -2.34. The molecule has 1 saturated carbocycles. The fourth-order valence-corrected chi connectivity index (χ4v) is 2.56. The van der Waals surface area contributed by atoms with E-state index in [1.807, 2.05) is 0 Å². The predicted octanol–water partition coefficient (Wildman–Crippen LogP) is 3.20. The van der Waals surface area contributed by atoms with Crippen LogP contribution in [0.5, 0.6) is 0 Å². The zero-order chi connectivity index (χ0) is 11.6. The third kappa shape index (κ3) is 2.11. The number of aromatic nitrogens is 2. The van der Waals surface area contributed by atoms with Crippen LogP contribution in [0.3, 0.4) is 0 Å². The Labute approximate surface area is 102 Å². The Kier molecular flexibility index (Phi) is 3.55. The Morgan fingerprint density at radius 2 is 2.25 bits per heavy atom. The Bertz CT molecular complexity index is 343. The number of hydrogen-bond acceptors (Lipinski definition) is 2. The summed E-state index contributed by atoms with van der Waals surface area (Å²) < 4.78 is 5.73. The number of methoxy groups -OCH3 is 1. The molecule has 1 fully saturated rings. The van der Waals surface area contributed by atoms with Gasteiger partial charge in [-0.3, -0.25) is 0 Å². The molecule has 1 aliphatic rings. The highest BCUT2D eigenvalue weighted by Crippen LogP contribution is 2.40. The fourth-order valence-electron chi connectivity index (χ4n) is 2.42. The third-order valence-electron chi connectivity index (χ3n) is 3.68. The van der Waals surface area contributed by atoms with Gasteiger partial charge in [-0.05, 0) is 31.6 Å². The number of nitrogens with zero attached hydrogens (tertiary/aromatic N) is 1. The van der Waals surface area contributed by atoms with Gasteiger partial charge in [-0.2, -0.15) is 0 Å². The lowest BCUT2D eigenvalue weighted by Gasteiger charge is -2.36. The fraction of sp³-hybridized carbons (Fsp3) is 0.750. The van der Waals surface area contributed by atoms with E-state index in [4.69, 9.17) is 16.3 Å². The van der Waals surface area contributed by atoms with Crippen molar-refractivity contribution in [2.75, 3.05) is 7.11 Å². The first-order valence-electron chi connectivity index (χ1n) is 5.85. The molecule has 0 aliphatic heterocycles. The van der Waals surface area contributed by atoms with Gasteiger partial charge in [0.25, 0.3) is 0 Å². The lowest BCUT2D eigenvalue weighted by atomic mass is 9.79. The topological polar surface area (TPSA) is 37.9 Å². The predicted molar refractivity (Wildman–Crippen MR) is 64.5 cm³/mol. The highest BCUT2D eigenvalue weighted by Gasteiger charge is 2.38.